The van der Waals surface area contributed by atoms with Crippen LogP contribution < -0.4 is 0 Å². The first kappa shape index (κ1) is 9.19. The molecule has 0 amide bonds. The van der Waals surface area contributed by atoms with E-state index < -0.39 is 24.2 Å². The van der Waals surface area contributed by atoms with Crippen LogP contribution in [-0.4, -0.2) is 30.5 Å². The maximum absolute atomic E-state index is 13.1. The Kier molecular flexibility index (Phi) is 2.81. The number of hydrogen-bond donors (Lipinski definition) is 1. The van der Waals surface area contributed by atoms with Crippen LogP contribution >= 0.6 is 0 Å². The van der Waals surface area contributed by atoms with Crippen LogP contribution in [0.5, 0.6) is 0 Å². The summed E-state index contributed by atoms with van der Waals surface area (Å²) in [4.78, 5) is 10.7. The third kappa shape index (κ3) is 1.64. The zero-order valence-corrected chi connectivity index (χ0v) is 6.74. The van der Waals surface area contributed by atoms with Crippen molar-refractivity contribution in [2.24, 2.45) is 5.92 Å². The molecule has 0 heterocycles. The highest BCUT2D eigenvalue weighted by molar-refractivity contribution is 5.75. The Morgan fingerprint density at radius 2 is 2.50 bits per heavy atom. The van der Waals surface area contributed by atoms with Crippen molar-refractivity contribution in [1.82, 2.24) is 0 Å². The highest BCUT2D eigenvalue weighted by Crippen LogP contribution is 2.24. The molecule has 3 nitrogen and oxygen atoms in total. The van der Waals surface area contributed by atoms with Gasteiger partial charge in [-0.15, -0.1) is 0 Å². The second-order valence-corrected chi connectivity index (χ2v) is 2.73. The van der Waals surface area contributed by atoms with Crippen LogP contribution in [0.25, 0.3) is 0 Å². The Bertz CT molecular complexity index is 202. The fraction of sp³-hybridized carbons (Fsp3) is 0.625. The van der Waals surface area contributed by atoms with Gasteiger partial charge in [0.05, 0.1) is 13.2 Å². The van der Waals surface area contributed by atoms with E-state index in [2.05, 4.69) is 4.74 Å². The summed E-state index contributed by atoms with van der Waals surface area (Å²) >= 11 is 0. The molecule has 12 heavy (non-hydrogen) atoms. The molecular formula is C8H11FO3. The molecule has 4 heteroatoms. The monoisotopic (exact) mass is 174 g/mol. The van der Waals surface area contributed by atoms with Crippen LogP contribution in [0, 0.1) is 5.92 Å². The van der Waals surface area contributed by atoms with Gasteiger partial charge in [0.1, 0.15) is 0 Å². The van der Waals surface area contributed by atoms with Crippen LogP contribution in [0.15, 0.2) is 12.2 Å². The largest absolute Gasteiger partial charge is 0.467 e. The quantitative estimate of drug-likeness (QED) is 0.488. The third-order valence-corrected chi connectivity index (χ3v) is 1.94. The van der Waals surface area contributed by atoms with Crippen molar-refractivity contribution in [3.63, 3.8) is 0 Å². The SMILES string of the molecule is COC(=O)C(F)C1C=CC[C@H]1O. The fourth-order valence-corrected chi connectivity index (χ4v) is 1.22. The Morgan fingerprint density at radius 3 is 2.92 bits per heavy atom. The maximum Gasteiger partial charge on any atom is 0.341 e. The van der Waals surface area contributed by atoms with E-state index in [0.29, 0.717) is 6.42 Å². The molecule has 0 aliphatic heterocycles. The van der Waals surface area contributed by atoms with Gasteiger partial charge in [0.2, 0.25) is 6.17 Å². The van der Waals surface area contributed by atoms with Gasteiger partial charge in [-0.3, -0.25) is 0 Å². The minimum Gasteiger partial charge on any atom is -0.467 e. The molecule has 0 aromatic rings. The topological polar surface area (TPSA) is 46.5 Å². The number of alkyl halides is 1. The van der Waals surface area contributed by atoms with Crippen LogP contribution in [0.4, 0.5) is 4.39 Å². The highest BCUT2D eigenvalue weighted by atomic mass is 19.1. The van der Waals surface area contributed by atoms with Crippen molar-refractivity contribution in [3.05, 3.63) is 12.2 Å². The summed E-state index contributed by atoms with van der Waals surface area (Å²) in [6, 6.07) is 0. The molecule has 68 valence electrons. The van der Waals surface area contributed by atoms with E-state index in [1.165, 1.54) is 6.08 Å². The van der Waals surface area contributed by atoms with Crippen molar-refractivity contribution in [3.8, 4) is 0 Å². The van der Waals surface area contributed by atoms with Crippen LogP contribution in [-0.2, 0) is 9.53 Å². The van der Waals surface area contributed by atoms with E-state index in [0.717, 1.165) is 7.11 Å². The van der Waals surface area contributed by atoms with Gasteiger partial charge >= 0.3 is 5.97 Å². The molecule has 1 rings (SSSR count). The van der Waals surface area contributed by atoms with Gasteiger partial charge in [0, 0.05) is 5.92 Å². The zero-order valence-electron chi connectivity index (χ0n) is 6.74. The van der Waals surface area contributed by atoms with Gasteiger partial charge in [-0.2, -0.15) is 0 Å². The number of carbonyl (C=O) groups excluding carboxylic acids is 1. The number of methoxy groups -OCH3 is 1. The lowest BCUT2D eigenvalue weighted by molar-refractivity contribution is -0.149. The van der Waals surface area contributed by atoms with Gasteiger partial charge < -0.3 is 9.84 Å². The van der Waals surface area contributed by atoms with E-state index in [4.69, 9.17) is 0 Å². The molecule has 0 bridgehead atoms. The summed E-state index contributed by atoms with van der Waals surface area (Å²) in [7, 11) is 1.12. The molecule has 0 aromatic carbocycles. The lowest BCUT2D eigenvalue weighted by Gasteiger charge is -2.15. The normalized spacial score (nSPS) is 30.2. The van der Waals surface area contributed by atoms with Crippen LogP contribution in [0.1, 0.15) is 6.42 Å². The summed E-state index contributed by atoms with van der Waals surface area (Å²) in [5.74, 6) is -1.66. The number of hydrogen-bond acceptors (Lipinski definition) is 3. The van der Waals surface area contributed by atoms with E-state index in [-0.39, 0.29) is 0 Å². The van der Waals surface area contributed by atoms with Gasteiger partial charge in [0.15, 0.2) is 0 Å². The van der Waals surface area contributed by atoms with E-state index in [1.54, 1.807) is 6.08 Å². The van der Waals surface area contributed by atoms with Crippen LogP contribution in [0.3, 0.4) is 0 Å². The summed E-state index contributed by atoms with van der Waals surface area (Å²) in [5.41, 5.74) is 0. The van der Waals surface area contributed by atoms with Crippen LogP contribution in [0.2, 0.25) is 0 Å². The predicted octanol–water partition coefficient (Wildman–Crippen LogP) is 0.434. The van der Waals surface area contributed by atoms with Crippen molar-refractivity contribution in [1.29, 1.82) is 0 Å². The predicted molar refractivity (Wildman–Crippen MR) is 40.2 cm³/mol. The summed E-state index contributed by atoms with van der Waals surface area (Å²) in [6.45, 7) is 0. The number of aliphatic hydroxyl groups excluding tert-OH is 1. The molecule has 0 radical (unpaired) electrons. The molecule has 0 fully saturated rings. The Balaban J connectivity index is 2.57. The first-order chi connectivity index (χ1) is 5.66. The number of carbonyl (C=O) groups is 1. The molecule has 0 aromatic heterocycles. The lowest BCUT2D eigenvalue weighted by atomic mass is 10.0. The zero-order chi connectivity index (χ0) is 9.14. The fourth-order valence-electron chi connectivity index (χ4n) is 1.22. The first-order valence-electron chi connectivity index (χ1n) is 3.73. The third-order valence-electron chi connectivity index (χ3n) is 1.94. The Morgan fingerprint density at radius 1 is 1.83 bits per heavy atom. The van der Waals surface area contributed by atoms with Crippen molar-refractivity contribution >= 4 is 5.97 Å². The standard InChI is InChI=1S/C8H11FO3/c1-12-8(11)7(9)5-3-2-4-6(5)10/h2-3,5-7,10H,4H2,1H3/t5?,6-,7?/m1/s1. The Labute approximate surface area is 69.8 Å². The number of ether oxygens (including phenoxy) is 1. The minimum absolute atomic E-state index is 0.405. The first-order valence-corrected chi connectivity index (χ1v) is 3.73. The summed E-state index contributed by atoms with van der Waals surface area (Å²) < 4.78 is 17.3. The van der Waals surface area contributed by atoms with Gasteiger partial charge in [-0.1, -0.05) is 12.2 Å². The number of esters is 1. The number of rotatable bonds is 2. The second-order valence-electron chi connectivity index (χ2n) is 2.73. The van der Waals surface area contributed by atoms with Crippen molar-refractivity contribution in [2.45, 2.75) is 18.7 Å². The van der Waals surface area contributed by atoms with Gasteiger partial charge in [-0.25, -0.2) is 9.18 Å². The van der Waals surface area contributed by atoms with Gasteiger partial charge in [-0.05, 0) is 6.42 Å². The van der Waals surface area contributed by atoms with Gasteiger partial charge in [0.25, 0.3) is 0 Å². The molecule has 2 unspecified atom stereocenters. The average molecular weight is 174 g/mol. The molecular weight excluding hydrogens is 163 g/mol. The Hall–Kier alpha value is -0.900. The smallest absolute Gasteiger partial charge is 0.341 e. The molecule has 1 N–H and O–H groups in total. The van der Waals surface area contributed by atoms with Crippen molar-refractivity contribution in [2.75, 3.05) is 7.11 Å². The molecule has 1 aliphatic carbocycles. The molecule has 3 atom stereocenters. The van der Waals surface area contributed by atoms with E-state index in [1.807, 2.05) is 0 Å². The van der Waals surface area contributed by atoms with E-state index >= 15 is 0 Å². The minimum atomic E-state index is -1.75. The molecule has 1 aliphatic rings. The molecule has 0 saturated heterocycles. The van der Waals surface area contributed by atoms with Crippen molar-refractivity contribution < 1.29 is 19.0 Å². The number of aliphatic hydroxyl groups is 1. The summed E-state index contributed by atoms with van der Waals surface area (Å²) in [6.07, 6.45) is 1.03. The summed E-state index contributed by atoms with van der Waals surface area (Å²) in [5, 5.41) is 9.19. The maximum atomic E-state index is 13.1. The van der Waals surface area contributed by atoms with E-state index in [9.17, 15) is 14.3 Å². The lowest BCUT2D eigenvalue weighted by Crippen LogP contribution is -2.31. The second kappa shape index (κ2) is 3.67. The number of halogens is 1. The highest BCUT2D eigenvalue weighted by Gasteiger charge is 2.34. The average Bonchev–Trinajstić information content (AvgIpc) is 2.48. The molecule has 0 saturated carbocycles. The molecule has 0 spiro atoms.